The highest BCUT2D eigenvalue weighted by molar-refractivity contribution is 6.02. The van der Waals surface area contributed by atoms with Crippen LogP contribution in [0.25, 0.3) is 0 Å². The number of urea groups is 1. The average Bonchev–Trinajstić information content (AvgIpc) is 2.86. The van der Waals surface area contributed by atoms with Gasteiger partial charge < -0.3 is 10.6 Å². The van der Waals surface area contributed by atoms with E-state index in [4.69, 9.17) is 0 Å². The Balaban J connectivity index is 1.78. The molecule has 3 rings (SSSR count). The van der Waals surface area contributed by atoms with Gasteiger partial charge in [0.05, 0.1) is 16.1 Å². The topological polar surface area (TPSA) is 105 Å². The minimum absolute atomic E-state index is 0.115. The smallest absolute Gasteiger partial charge is 0.350 e. The predicted molar refractivity (Wildman–Crippen MR) is 125 cm³/mol. The molecule has 3 aromatic rings. The fraction of sp³-hybridized carbons (Fsp3) is 0.167. The fourth-order valence-corrected chi connectivity index (χ4v) is 3.30. The number of carbonyl (C=O) groups is 2. The quantitative estimate of drug-likeness (QED) is 0.204. The summed E-state index contributed by atoms with van der Waals surface area (Å²) in [4.78, 5) is 36.5. The van der Waals surface area contributed by atoms with E-state index < -0.39 is 58.3 Å². The van der Waals surface area contributed by atoms with Crippen molar-refractivity contribution in [1.29, 1.82) is 0 Å². The number of carbonyl (C=O) groups excluding carboxylic acids is 2. The monoisotopic (exact) mass is 558 g/mol. The molecule has 0 saturated carbocycles. The molecule has 2 N–H and O–H groups in total. The summed E-state index contributed by atoms with van der Waals surface area (Å²) >= 11 is 0. The van der Waals surface area contributed by atoms with Crippen molar-refractivity contribution in [3.63, 3.8) is 0 Å². The number of benzene rings is 3. The molecule has 0 radical (unpaired) electrons. The molecule has 39 heavy (non-hydrogen) atoms. The van der Waals surface area contributed by atoms with Gasteiger partial charge in [0.1, 0.15) is 5.82 Å². The van der Waals surface area contributed by atoms with Crippen LogP contribution in [0.15, 0.2) is 66.7 Å². The maximum Gasteiger partial charge on any atom is 0.416 e. The predicted octanol–water partition coefficient (Wildman–Crippen LogP) is 6.24. The number of hydrogen-bond donors (Lipinski definition) is 2. The summed E-state index contributed by atoms with van der Waals surface area (Å²) in [5.41, 5.74) is -4.21. The highest BCUT2D eigenvalue weighted by Crippen LogP contribution is 2.36. The molecule has 206 valence electrons. The third-order valence-corrected chi connectivity index (χ3v) is 5.18. The zero-order valence-electron chi connectivity index (χ0n) is 19.4. The first kappa shape index (κ1) is 28.9. The molecular formula is C24H17F7N4O4. The van der Waals surface area contributed by atoms with Crippen LogP contribution in [0.3, 0.4) is 0 Å². The second-order valence-corrected chi connectivity index (χ2v) is 7.91. The van der Waals surface area contributed by atoms with Gasteiger partial charge in [-0.3, -0.25) is 19.8 Å². The summed E-state index contributed by atoms with van der Waals surface area (Å²) in [6.07, 6.45) is -10.3. The van der Waals surface area contributed by atoms with Crippen LogP contribution in [-0.4, -0.2) is 30.0 Å². The molecule has 0 aromatic heterocycles. The SMILES string of the molecule is O=C(NCCN(C(=O)Nc1ccc([N+](=O)[O-])cc1)c1ccc(F)cc1)c1cc(C(F)(F)F)cc(C(F)(F)F)c1. The van der Waals surface area contributed by atoms with Gasteiger partial charge in [-0.25, -0.2) is 9.18 Å². The maximum absolute atomic E-state index is 13.4. The highest BCUT2D eigenvalue weighted by atomic mass is 19.4. The van der Waals surface area contributed by atoms with E-state index in [1.54, 1.807) is 0 Å². The van der Waals surface area contributed by atoms with Gasteiger partial charge in [0.25, 0.3) is 11.6 Å². The van der Waals surface area contributed by atoms with Crippen molar-refractivity contribution in [1.82, 2.24) is 5.32 Å². The molecule has 0 saturated heterocycles. The van der Waals surface area contributed by atoms with E-state index >= 15 is 0 Å². The van der Waals surface area contributed by atoms with Crippen molar-refractivity contribution < 1.29 is 45.2 Å². The second kappa shape index (κ2) is 11.4. The van der Waals surface area contributed by atoms with Crippen molar-refractivity contribution in [2.45, 2.75) is 12.4 Å². The first-order valence-corrected chi connectivity index (χ1v) is 10.8. The van der Waals surface area contributed by atoms with E-state index in [2.05, 4.69) is 10.6 Å². The molecule has 3 amide bonds. The van der Waals surface area contributed by atoms with E-state index in [1.165, 1.54) is 24.3 Å². The van der Waals surface area contributed by atoms with E-state index in [0.717, 1.165) is 29.2 Å². The lowest BCUT2D eigenvalue weighted by molar-refractivity contribution is -0.384. The number of halogens is 7. The van der Waals surface area contributed by atoms with Gasteiger partial charge in [0.15, 0.2) is 0 Å². The zero-order chi connectivity index (χ0) is 29.0. The Bertz CT molecular complexity index is 1330. The third kappa shape index (κ3) is 7.66. The van der Waals surface area contributed by atoms with E-state index in [0.29, 0.717) is 0 Å². The first-order chi connectivity index (χ1) is 18.1. The molecule has 0 heterocycles. The summed E-state index contributed by atoms with van der Waals surface area (Å²) in [5, 5.41) is 15.4. The van der Waals surface area contributed by atoms with Crippen LogP contribution in [0.1, 0.15) is 21.5 Å². The van der Waals surface area contributed by atoms with Gasteiger partial charge in [-0.05, 0) is 54.6 Å². The summed E-state index contributed by atoms with van der Waals surface area (Å²) in [6, 6.07) is 8.82. The number of alkyl halides is 6. The molecule has 3 aromatic carbocycles. The molecular weight excluding hydrogens is 541 g/mol. The molecule has 0 spiro atoms. The van der Waals surface area contributed by atoms with E-state index in [-0.39, 0.29) is 41.8 Å². The maximum atomic E-state index is 13.4. The van der Waals surface area contributed by atoms with Crippen LogP contribution in [0.5, 0.6) is 0 Å². The van der Waals surface area contributed by atoms with Gasteiger partial charge in [0.2, 0.25) is 0 Å². The minimum atomic E-state index is -5.15. The third-order valence-electron chi connectivity index (χ3n) is 5.18. The number of nitro groups is 1. The zero-order valence-corrected chi connectivity index (χ0v) is 19.4. The van der Waals surface area contributed by atoms with Crippen LogP contribution >= 0.6 is 0 Å². The van der Waals surface area contributed by atoms with Crippen molar-refractivity contribution in [3.05, 3.63) is 99.4 Å². The van der Waals surface area contributed by atoms with Gasteiger partial charge in [-0.2, -0.15) is 26.3 Å². The second-order valence-electron chi connectivity index (χ2n) is 7.91. The number of rotatable bonds is 7. The van der Waals surface area contributed by atoms with Crippen LogP contribution < -0.4 is 15.5 Å². The number of anilines is 2. The molecule has 0 aliphatic rings. The van der Waals surface area contributed by atoms with Crippen molar-refractivity contribution in [2.24, 2.45) is 0 Å². The van der Waals surface area contributed by atoms with Gasteiger partial charge in [-0.15, -0.1) is 0 Å². The lowest BCUT2D eigenvalue weighted by Gasteiger charge is -2.23. The average molecular weight is 558 g/mol. The summed E-state index contributed by atoms with van der Waals surface area (Å²) in [6.45, 7) is -0.775. The summed E-state index contributed by atoms with van der Waals surface area (Å²) in [7, 11) is 0. The van der Waals surface area contributed by atoms with Crippen LogP contribution in [0, 0.1) is 15.9 Å². The Hall–Kier alpha value is -4.69. The normalized spacial score (nSPS) is 11.6. The van der Waals surface area contributed by atoms with Crippen LogP contribution in [0.2, 0.25) is 0 Å². The molecule has 0 atom stereocenters. The van der Waals surface area contributed by atoms with Crippen LogP contribution in [-0.2, 0) is 12.4 Å². The minimum Gasteiger partial charge on any atom is -0.350 e. The Morgan fingerprint density at radius 2 is 1.38 bits per heavy atom. The molecule has 0 aliphatic carbocycles. The Labute approximate surface area is 215 Å². The summed E-state index contributed by atoms with van der Waals surface area (Å²) in [5.74, 6) is -1.89. The number of non-ortho nitro benzene ring substituents is 1. The molecule has 15 heteroatoms. The van der Waals surface area contributed by atoms with Crippen LogP contribution in [0.4, 0.5) is 52.6 Å². The van der Waals surface area contributed by atoms with E-state index in [1.807, 2.05) is 0 Å². The highest BCUT2D eigenvalue weighted by Gasteiger charge is 2.37. The standard InChI is InChI=1S/C24H17F7N4O4/c25-17-1-5-19(6-2-17)34(22(37)33-18-3-7-20(8-4-18)35(38)39)10-9-32-21(36)14-11-15(23(26,27)28)13-16(12-14)24(29,30)31/h1-8,11-13H,9-10H2,(H,32,36)(H,33,37). The Morgan fingerprint density at radius 3 is 1.87 bits per heavy atom. The molecule has 0 fully saturated rings. The Kier molecular flexibility index (Phi) is 8.42. The number of amides is 3. The number of nitrogens with one attached hydrogen (secondary N) is 2. The van der Waals surface area contributed by atoms with Gasteiger partial charge >= 0.3 is 18.4 Å². The lowest BCUT2D eigenvalue weighted by atomic mass is 10.0. The molecule has 0 bridgehead atoms. The first-order valence-electron chi connectivity index (χ1n) is 10.8. The number of nitro benzene ring substituents is 1. The van der Waals surface area contributed by atoms with E-state index in [9.17, 15) is 50.4 Å². The van der Waals surface area contributed by atoms with Crippen molar-refractivity contribution in [2.75, 3.05) is 23.3 Å². The molecule has 0 aliphatic heterocycles. The lowest BCUT2D eigenvalue weighted by Crippen LogP contribution is -2.41. The number of hydrogen-bond acceptors (Lipinski definition) is 4. The van der Waals surface area contributed by atoms with Crippen molar-refractivity contribution in [3.8, 4) is 0 Å². The number of nitrogens with zero attached hydrogens (tertiary/aromatic N) is 2. The fourth-order valence-electron chi connectivity index (χ4n) is 3.30. The van der Waals surface area contributed by atoms with Crippen molar-refractivity contribution >= 4 is 29.0 Å². The molecule has 0 unspecified atom stereocenters. The molecule has 8 nitrogen and oxygen atoms in total. The summed E-state index contributed by atoms with van der Waals surface area (Å²) < 4.78 is 91.9. The van der Waals surface area contributed by atoms with Gasteiger partial charge in [-0.1, -0.05) is 0 Å². The van der Waals surface area contributed by atoms with Gasteiger partial charge in [0, 0.05) is 42.2 Å². The largest absolute Gasteiger partial charge is 0.416 e. The Morgan fingerprint density at radius 1 is 0.846 bits per heavy atom.